The third-order valence-corrected chi connectivity index (χ3v) is 9.75. The van der Waals surface area contributed by atoms with Gasteiger partial charge >= 0.3 is 5.97 Å². The van der Waals surface area contributed by atoms with Crippen LogP contribution in [-0.4, -0.2) is 76.5 Å². The number of halogens is 2. The molecule has 0 fully saturated rings. The normalized spacial score (nSPS) is 13.9. The van der Waals surface area contributed by atoms with E-state index in [1.165, 1.54) is 7.11 Å². The lowest BCUT2D eigenvalue weighted by atomic mass is 10.0. The number of nitrogens with zero attached hydrogens (tertiary/aromatic N) is 1. The first-order valence-electron chi connectivity index (χ1n) is 9.74. The molecule has 0 aliphatic carbocycles. The third kappa shape index (κ3) is 6.85. The van der Waals surface area contributed by atoms with E-state index in [9.17, 15) is 21.6 Å². The Morgan fingerprint density at radius 2 is 1.61 bits per heavy atom. The lowest BCUT2D eigenvalue weighted by Gasteiger charge is -2.26. The van der Waals surface area contributed by atoms with E-state index in [0.29, 0.717) is 33.7 Å². The summed E-state index contributed by atoms with van der Waals surface area (Å²) in [6, 6.07) is 3.22. The van der Waals surface area contributed by atoms with Crippen molar-refractivity contribution in [3.05, 3.63) is 23.3 Å². The second-order valence-corrected chi connectivity index (χ2v) is 11.9. The highest BCUT2D eigenvalue weighted by Crippen LogP contribution is 2.31. The number of rotatable bonds is 12. The van der Waals surface area contributed by atoms with Crippen molar-refractivity contribution >= 4 is 60.6 Å². The molecule has 1 aliphatic heterocycles. The van der Waals surface area contributed by atoms with Gasteiger partial charge in [0.1, 0.15) is 0 Å². The zero-order valence-electron chi connectivity index (χ0n) is 17.2. The summed E-state index contributed by atoms with van der Waals surface area (Å²) in [5.41, 5.74) is 2.27. The highest BCUT2D eigenvalue weighted by Gasteiger charge is 2.33. The van der Waals surface area contributed by atoms with Gasteiger partial charge in [0.05, 0.1) is 35.6 Å². The Bertz CT molecular complexity index is 948. The van der Waals surface area contributed by atoms with E-state index in [2.05, 4.69) is 10.6 Å². The van der Waals surface area contributed by atoms with E-state index in [0.717, 1.165) is 0 Å². The van der Waals surface area contributed by atoms with Crippen LogP contribution in [0.25, 0.3) is 0 Å². The Morgan fingerprint density at radius 3 is 2.16 bits per heavy atom. The Hall–Kier alpha value is -1.27. The van der Waals surface area contributed by atoms with Crippen LogP contribution in [0.1, 0.15) is 28.8 Å². The predicted molar refractivity (Wildman–Crippen MR) is 123 cm³/mol. The molecular formula is C18H27Cl2N3O6S2. The first kappa shape index (κ1) is 26.0. The summed E-state index contributed by atoms with van der Waals surface area (Å²) in [7, 11) is -6.94. The smallest absolute Gasteiger partial charge is 0.337 e. The van der Waals surface area contributed by atoms with Crippen LogP contribution in [0, 0.1) is 0 Å². The molecule has 9 nitrogen and oxygen atoms in total. The molecule has 0 saturated carbocycles. The Kier molecular flexibility index (Phi) is 9.68. The number of nitrogens with one attached hydrogen (secondary N) is 2. The zero-order valence-corrected chi connectivity index (χ0v) is 20.3. The number of esters is 1. The maximum Gasteiger partial charge on any atom is 0.337 e. The van der Waals surface area contributed by atoms with Gasteiger partial charge in [0, 0.05) is 31.4 Å². The number of alkyl halides is 2. The van der Waals surface area contributed by atoms with Gasteiger partial charge in [-0.25, -0.2) is 21.6 Å². The van der Waals surface area contributed by atoms with E-state index < -0.39 is 26.0 Å². The lowest BCUT2D eigenvalue weighted by molar-refractivity contribution is 0.0600. The highest BCUT2D eigenvalue weighted by atomic mass is 35.5. The molecule has 176 valence electrons. The zero-order chi connectivity index (χ0) is 23.1. The second-order valence-electron chi connectivity index (χ2n) is 6.87. The summed E-state index contributed by atoms with van der Waals surface area (Å²) in [5.74, 6) is -1.11. The minimum atomic E-state index is -4.10. The number of ether oxygens (including phenoxy) is 1. The van der Waals surface area contributed by atoms with Gasteiger partial charge in [0.25, 0.3) is 0 Å². The van der Waals surface area contributed by atoms with Gasteiger partial charge in [-0.05, 0) is 37.0 Å². The van der Waals surface area contributed by atoms with Crippen molar-refractivity contribution in [1.29, 1.82) is 0 Å². The first-order chi connectivity index (χ1) is 14.7. The maximum absolute atomic E-state index is 12.8. The monoisotopic (exact) mass is 515 g/mol. The van der Waals surface area contributed by atoms with Gasteiger partial charge in [0.15, 0.2) is 0 Å². The number of hydrogen-bond donors (Lipinski definition) is 2. The number of sulfonamides is 2. The topological polar surface area (TPSA) is 122 Å². The van der Waals surface area contributed by atoms with Crippen molar-refractivity contribution in [1.82, 2.24) is 3.71 Å². The van der Waals surface area contributed by atoms with E-state index in [-0.39, 0.29) is 54.6 Å². The van der Waals surface area contributed by atoms with E-state index in [1.807, 2.05) is 0 Å². The Balaban J connectivity index is 2.39. The minimum Gasteiger partial charge on any atom is -0.465 e. The molecule has 0 radical (unpaired) electrons. The molecule has 0 bridgehead atoms. The molecule has 0 spiro atoms. The van der Waals surface area contributed by atoms with Crippen molar-refractivity contribution < 1.29 is 26.4 Å². The Morgan fingerprint density at radius 1 is 1.03 bits per heavy atom. The fourth-order valence-electron chi connectivity index (χ4n) is 3.21. The summed E-state index contributed by atoms with van der Waals surface area (Å²) in [6.07, 6.45) is 0.330. The standard InChI is InChI=1S/C18H27Cl2N3O6S2/c1-29-18(24)15-12-14(17-16(13-15)21-7-8-22-17)4-9-23(30(25,26)10-2-5-19)31(27,28)11-3-6-20/h12-13,21-22H,2-11H2,1H3. The quantitative estimate of drug-likeness (QED) is 0.320. The molecule has 0 saturated heterocycles. The van der Waals surface area contributed by atoms with Gasteiger partial charge in [-0.1, -0.05) is 3.71 Å². The second kappa shape index (κ2) is 11.6. The molecule has 1 heterocycles. The SMILES string of the molecule is COC(=O)c1cc(CCN(S(=O)(=O)CCCCl)S(=O)(=O)CCCCl)c2c(c1)NCCN2. The Labute approximate surface area is 193 Å². The van der Waals surface area contributed by atoms with Gasteiger partial charge in [-0.15, -0.1) is 23.2 Å². The van der Waals surface area contributed by atoms with Crippen molar-refractivity contribution in [2.24, 2.45) is 0 Å². The van der Waals surface area contributed by atoms with Crippen LogP contribution in [0.5, 0.6) is 0 Å². The van der Waals surface area contributed by atoms with Gasteiger partial charge in [0.2, 0.25) is 20.0 Å². The van der Waals surface area contributed by atoms with E-state index >= 15 is 0 Å². The molecule has 0 atom stereocenters. The maximum atomic E-state index is 12.8. The van der Waals surface area contributed by atoms with E-state index in [1.54, 1.807) is 12.1 Å². The van der Waals surface area contributed by atoms with Crippen molar-refractivity contribution in [3.63, 3.8) is 0 Å². The number of anilines is 2. The molecule has 2 N–H and O–H groups in total. The molecule has 31 heavy (non-hydrogen) atoms. The molecule has 1 aliphatic rings. The van der Waals surface area contributed by atoms with Crippen LogP contribution in [-0.2, 0) is 31.2 Å². The van der Waals surface area contributed by atoms with Crippen molar-refractivity contribution in [3.8, 4) is 0 Å². The summed E-state index contributed by atoms with van der Waals surface area (Å²) in [4.78, 5) is 12.0. The highest BCUT2D eigenvalue weighted by molar-refractivity contribution is 8.04. The summed E-state index contributed by atoms with van der Waals surface area (Å²) < 4.78 is 56.5. The van der Waals surface area contributed by atoms with Crippen LogP contribution < -0.4 is 10.6 Å². The van der Waals surface area contributed by atoms with E-state index in [4.69, 9.17) is 27.9 Å². The number of carbonyl (C=O) groups is 1. The summed E-state index contributed by atoms with van der Waals surface area (Å²) in [5, 5.41) is 6.39. The predicted octanol–water partition coefficient (Wildman–Crippen LogP) is 2.07. The third-order valence-electron chi connectivity index (χ3n) is 4.64. The number of methoxy groups -OCH3 is 1. The summed E-state index contributed by atoms with van der Waals surface area (Å²) in [6.45, 7) is 0.972. The number of carbonyl (C=O) groups excluding carboxylic acids is 1. The van der Waals surface area contributed by atoms with Gasteiger partial charge < -0.3 is 15.4 Å². The molecular weight excluding hydrogens is 489 g/mol. The lowest BCUT2D eigenvalue weighted by Crippen LogP contribution is -2.41. The van der Waals surface area contributed by atoms with Crippen LogP contribution in [0.3, 0.4) is 0 Å². The van der Waals surface area contributed by atoms with Crippen LogP contribution in [0.15, 0.2) is 12.1 Å². The van der Waals surface area contributed by atoms with Gasteiger partial charge in [-0.3, -0.25) is 0 Å². The molecule has 0 unspecified atom stereocenters. The van der Waals surface area contributed by atoms with Crippen LogP contribution >= 0.6 is 23.2 Å². The van der Waals surface area contributed by atoms with Crippen molar-refractivity contribution in [2.75, 3.05) is 60.6 Å². The van der Waals surface area contributed by atoms with Crippen molar-refractivity contribution in [2.45, 2.75) is 19.3 Å². The fourth-order valence-corrected chi connectivity index (χ4v) is 7.79. The number of benzene rings is 1. The average Bonchev–Trinajstić information content (AvgIpc) is 2.75. The molecule has 1 aromatic carbocycles. The largest absolute Gasteiger partial charge is 0.465 e. The molecule has 2 rings (SSSR count). The number of hydrogen-bond acceptors (Lipinski definition) is 8. The number of fused-ring (bicyclic) bond motifs is 1. The average molecular weight is 516 g/mol. The molecule has 1 aromatic rings. The molecule has 0 aromatic heterocycles. The first-order valence-corrected chi connectivity index (χ1v) is 14.0. The fraction of sp³-hybridized carbons (Fsp3) is 0.611. The van der Waals surface area contributed by atoms with Gasteiger partial charge in [-0.2, -0.15) is 0 Å². The molecule has 13 heteroatoms. The minimum absolute atomic E-state index is 0.0715. The van der Waals surface area contributed by atoms with Crippen LogP contribution in [0.2, 0.25) is 0 Å². The molecule has 0 amide bonds. The summed E-state index contributed by atoms with van der Waals surface area (Å²) >= 11 is 11.2. The van der Waals surface area contributed by atoms with Crippen LogP contribution in [0.4, 0.5) is 11.4 Å².